The summed E-state index contributed by atoms with van der Waals surface area (Å²) in [6.07, 6.45) is 4.88. The van der Waals surface area contributed by atoms with Crippen molar-refractivity contribution in [1.82, 2.24) is 10.6 Å². The van der Waals surface area contributed by atoms with E-state index in [0.29, 0.717) is 18.0 Å². The van der Waals surface area contributed by atoms with Crippen LogP contribution in [0.4, 0.5) is 5.69 Å². The van der Waals surface area contributed by atoms with Crippen LogP contribution in [-0.4, -0.2) is 32.6 Å². The standard InChI is InChI=1S/C18H30N4O2.HI/c1-5-6-7-8-11-20-18(19-3)21-13-15-9-10-17(24-4)16(12-15)22-14(2)23;/h9-10,12H,5-8,11,13H2,1-4H3,(H,22,23)(H2,19,20,21);1H. The molecule has 0 atom stereocenters. The average molecular weight is 462 g/mol. The van der Waals surface area contributed by atoms with Gasteiger partial charge in [-0.2, -0.15) is 0 Å². The van der Waals surface area contributed by atoms with Gasteiger partial charge in [0, 0.05) is 27.1 Å². The van der Waals surface area contributed by atoms with Crippen molar-refractivity contribution in [3.05, 3.63) is 23.8 Å². The lowest BCUT2D eigenvalue weighted by Crippen LogP contribution is -2.37. The first kappa shape index (κ1) is 23.5. The molecular formula is C18H31IN4O2. The fourth-order valence-electron chi connectivity index (χ4n) is 2.32. The van der Waals surface area contributed by atoms with Crippen LogP contribution >= 0.6 is 24.0 Å². The van der Waals surface area contributed by atoms with Crippen molar-refractivity contribution in [2.24, 2.45) is 4.99 Å². The Balaban J connectivity index is 0.00000576. The second-order valence-corrected chi connectivity index (χ2v) is 5.63. The summed E-state index contributed by atoms with van der Waals surface area (Å²) >= 11 is 0. The molecule has 0 radical (unpaired) electrons. The number of hydrogen-bond acceptors (Lipinski definition) is 3. The van der Waals surface area contributed by atoms with Crippen LogP contribution in [0.3, 0.4) is 0 Å². The number of halogens is 1. The van der Waals surface area contributed by atoms with E-state index in [-0.39, 0.29) is 29.9 Å². The summed E-state index contributed by atoms with van der Waals surface area (Å²) in [5.41, 5.74) is 1.71. The summed E-state index contributed by atoms with van der Waals surface area (Å²) in [5, 5.41) is 9.37. The molecule has 0 aliphatic heterocycles. The highest BCUT2D eigenvalue weighted by molar-refractivity contribution is 14.0. The van der Waals surface area contributed by atoms with Crippen molar-refractivity contribution >= 4 is 41.5 Å². The smallest absolute Gasteiger partial charge is 0.221 e. The minimum absolute atomic E-state index is 0. The molecule has 1 rings (SSSR count). The number of methoxy groups -OCH3 is 1. The number of unbranched alkanes of at least 4 members (excludes halogenated alkanes) is 3. The number of carbonyl (C=O) groups is 1. The van der Waals surface area contributed by atoms with Gasteiger partial charge in [0.2, 0.25) is 5.91 Å². The third kappa shape index (κ3) is 9.52. The molecule has 0 heterocycles. The Labute approximate surface area is 168 Å². The maximum atomic E-state index is 11.3. The Kier molecular flexibility index (Phi) is 12.9. The molecule has 0 fully saturated rings. The molecule has 0 saturated heterocycles. The lowest BCUT2D eigenvalue weighted by Gasteiger charge is -2.14. The van der Waals surface area contributed by atoms with Crippen molar-refractivity contribution in [1.29, 1.82) is 0 Å². The van der Waals surface area contributed by atoms with Crippen LogP contribution < -0.4 is 20.7 Å². The quantitative estimate of drug-likeness (QED) is 0.227. The molecule has 0 spiro atoms. The third-order valence-corrected chi connectivity index (χ3v) is 3.58. The first-order valence-corrected chi connectivity index (χ1v) is 8.49. The molecule has 142 valence electrons. The maximum absolute atomic E-state index is 11.3. The molecule has 0 aliphatic rings. The van der Waals surface area contributed by atoms with Crippen LogP contribution in [0.15, 0.2) is 23.2 Å². The summed E-state index contributed by atoms with van der Waals surface area (Å²) in [6.45, 7) is 5.22. The number of carbonyl (C=O) groups excluding carboxylic acids is 1. The molecule has 7 heteroatoms. The summed E-state index contributed by atoms with van der Waals surface area (Å²) in [7, 11) is 3.35. The van der Waals surface area contributed by atoms with Gasteiger partial charge in [-0.05, 0) is 24.1 Å². The number of hydrogen-bond donors (Lipinski definition) is 3. The Morgan fingerprint density at radius 1 is 1.20 bits per heavy atom. The zero-order chi connectivity index (χ0) is 17.8. The molecule has 25 heavy (non-hydrogen) atoms. The van der Waals surface area contributed by atoms with Crippen LogP contribution in [0.5, 0.6) is 5.75 Å². The topological polar surface area (TPSA) is 74.8 Å². The summed E-state index contributed by atoms with van der Waals surface area (Å²) in [6, 6.07) is 5.72. The molecule has 3 N–H and O–H groups in total. The molecule has 0 bridgehead atoms. The largest absolute Gasteiger partial charge is 0.495 e. The van der Waals surface area contributed by atoms with Crippen molar-refractivity contribution in [3.8, 4) is 5.75 Å². The molecule has 6 nitrogen and oxygen atoms in total. The van der Waals surface area contributed by atoms with E-state index in [4.69, 9.17) is 4.74 Å². The lowest BCUT2D eigenvalue weighted by atomic mass is 10.2. The van der Waals surface area contributed by atoms with E-state index in [0.717, 1.165) is 24.5 Å². The van der Waals surface area contributed by atoms with Gasteiger partial charge in [0.25, 0.3) is 0 Å². The highest BCUT2D eigenvalue weighted by Crippen LogP contribution is 2.25. The van der Waals surface area contributed by atoms with Gasteiger partial charge in [-0.15, -0.1) is 24.0 Å². The van der Waals surface area contributed by atoms with Crippen molar-refractivity contribution in [2.75, 3.05) is 26.0 Å². The minimum atomic E-state index is -0.122. The Bertz CT molecular complexity index is 550. The summed E-state index contributed by atoms with van der Waals surface area (Å²) in [4.78, 5) is 15.5. The molecule has 1 aromatic carbocycles. The van der Waals surface area contributed by atoms with E-state index in [1.165, 1.54) is 26.2 Å². The van der Waals surface area contributed by atoms with E-state index in [1.807, 2.05) is 18.2 Å². The van der Waals surface area contributed by atoms with E-state index >= 15 is 0 Å². The van der Waals surface area contributed by atoms with Gasteiger partial charge in [0.05, 0.1) is 12.8 Å². The minimum Gasteiger partial charge on any atom is -0.495 e. The SMILES string of the molecule is CCCCCCNC(=NC)NCc1ccc(OC)c(NC(C)=O)c1.I. The van der Waals surface area contributed by atoms with Crippen molar-refractivity contribution in [2.45, 2.75) is 46.1 Å². The monoisotopic (exact) mass is 462 g/mol. The maximum Gasteiger partial charge on any atom is 0.221 e. The summed E-state index contributed by atoms with van der Waals surface area (Å²) in [5.74, 6) is 1.30. The zero-order valence-electron chi connectivity index (χ0n) is 15.6. The number of amides is 1. The molecule has 0 unspecified atom stereocenters. The third-order valence-electron chi connectivity index (χ3n) is 3.58. The Morgan fingerprint density at radius 2 is 1.96 bits per heavy atom. The number of nitrogens with zero attached hydrogens (tertiary/aromatic N) is 1. The molecule has 0 saturated carbocycles. The van der Waals surface area contributed by atoms with E-state index < -0.39 is 0 Å². The number of rotatable bonds is 9. The van der Waals surface area contributed by atoms with Gasteiger partial charge in [0.1, 0.15) is 5.75 Å². The van der Waals surface area contributed by atoms with E-state index in [2.05, 4.69) is 27.9 Å². The number of anilines is 1. The first-order chi connectivity index (χ1) is 11.6. The van der Waals surface area contributed by atoms with Crippen molar-refractivity contribution < 1.29 is 9.53 Å². The van der Waals surface area contributed by atoms with Gasteiger partial charge in [0.15, 0.2) is 5.96 Å². The average Bonchev–Trinajstić information content (AvgIpc) is 2.57. The van der Waals surface area contributed by atoms with E-state index in [9.17, 15) is 4.79 Å². The van der Waals surface area contributed by atoms with Gasteiger partial charge in [-0.25, -0.2) is 0 Å². The highest BCUT2D eigenvalue weighted by Gasteiger charge is 2.06. The van der Waals surface area contributed by atoms with Crippen LogP contribution in [-0.2, 0) is 11.3 Å². The van der Waals surface area contributed by atoms with Crippen LogP contribution in [0.25, 0.3) is 0 Å². The number of guanidine groups is 1. The fraction of sp³-hybridized carbons (Fsp3) is 0.556. The number of ether oxygens (including phenoxy) is 1. The highest BCUT2D eigenvalue weighted by atomic mass is 127. The zero-order valence-corrected chi connectivity index (χ0v) is 18.0. The van der Waals surface area contributed by atoms with Gasteiger partial charge < -0.3 is 20.7 Å². The predicted molar refractivity (Wildman–Crippen MR) is 115 cm³/mol. The normalized spacial score (nSPS) is 10.6. The Hall–Kier alpha value is -1.51. The van der Waals surface area contributed by atoms with Crippen LogP contribution in [0.1, 0.15) is 45.1 Å². The van der Waals surface area contributed by atoms with Gasteiger partial charge in [-0.3, -0.25) is 9.79 Å². The second kappa shape index (κ2) is 13.7. The van der Waals surface area contributed by atoms with Gasteiger partial charge >= 0.3 is 0 Å². The molecule has 0 aromatic heterocycles. The molecular weight excluding hydrogens is 431 g/mol. The van der Waals surface area contributed by atoms with Crippen molar-refractivity contribution in [3.63, 3.8) is 0 Å². The molecule has 0 aliphatic carbocycles. The Morgan fingerprint density at radius 3 is 2.56 bits per heavy atom. The molecule has 1 amide bonds. The fourth-order valence-corrected chi connectivity index (χ4v) is 2.32. The number of aliphatic imine (C=N–C) groups is 1. The van der Waals surface area contributed by atoms with Crippen LogP contribution in [0, 0.1) is 0 Å². The van der Waals surface area contributed by atoms with E-state index in [1.54, 1.807) is 14.2 Å². The van der Waals surface area contributed by atoms with Gasteiger partial charge in [-0.1, -0.05) is 32.3 Å². The first-order valence-electron chi connectivity index (χ1n) is 8.49. The number of benzene rings is 1. The molecule has 1 aromatic rings. The predicted octanol–water partition coefficient (Wildman–Crippen LogP) is 3.52. The summed E-state index contributed by atoms with van der Waals surface area (Å²) < 4.78 is 5.26. The second-order valence-electron chi connectivity index (χ2n) is 5.63. The van der Waals surface area contributed by atoms with Crippen LogP contribution in [0.2, 0.25) is 0 Å². The lowest BCUT2D eigenvalue weighted by molar-refractivity contribution is -0.114. The number of nitrogens with one attached hydrogen (secondary N) is 3.